The van der Waals surface area contributed by atoms with Gasteiger partial charge in [0.05, 0.1) is 10.0 Å². The molecular formula is C15H8Cl2N2O2S2. The summed E-state index contributed by atoms with van der Waals surface area (Å²) in [7, 11) is 0. The Kier molecular flexibility index (Phi) is 4.50. The van der Waals surface area contributed by atoms with E-state index in [1.165, 1.54) is 22.3 Å². The Labute approximate surface area is 151 Å². The molecule has 1 aliphatic rings. The molecule has 1 aromatic carbocycles. The van der Waals surface area contributed by atoms with Crippen LogP contribution in [0.2, 0.25) is 9.36 Å². The minimum Gasteiger partial charge on any atom is -0.298 e. The summed E-state index contributed by atoms with van der Waals surface area (Å²) >= 11 is 18.1. The highest BCUT2D eigenvalue weighted by molar-refractivity contribution is 7.80. The molecule has 1 saturated heterocycles. The van der Waals surface area contributed by atoms with E-state index >= 15 is 0 Å². The highest BCUT2D eigenvalue weighted by Crippen LogP contribution is 2.27. The Morgan fingerprint density at radius 1 is 1.09 bits per heavy atom. The molecule has 1 N–H and O–H groups in total. The smallest absolute Gasteiger partial charge is 0.270 e. The van der Waals surface area contributed by atoms with E-state index in [1.807, 2.05) is 0 Å². The Morgan fingerprint density at radius 3 is 2.39 bits per heavy atom. The number of hydrogen-bond donors (Lipinski definition) is 1. The van der Waals surface area contributed by atoms with E-state index in [-0.39, 0.29) is 10.7 Å². The predicted molar refractivity (Wildman–Crippen MR) is 97.0 cm³/mol. The predicted octanol–water partition coefficient (Wildman–Crippen LogP) is 3.89. The lowest BCUT2D eigenvalue weighted by molar-refractivity contribution is -0.122. The van der Waals surface area contributed by atoms with Gasteiger partial charge in [-0.15, -0.1) is 11.3 Å². The zero-order valence-corrected chi connectivity index (χ0v) is 14.5. The van der Waals surface area contributed by atoms with Gasteiger partial charge in [-0.1, -0.05) is 23.2 Å². The van der Waals surface area contributed by atoms with E-state index in [0.717, 1.165) is 0 Å². The van der Waals surface area contributed by atoms with Gasteiger partial charge in [0.15, 0.2) is 5.11 Å². The second-order valence-electron chi connectivity index (χ2n) is 4.58. The van der Waals surface area contributed by atoms with Crippen LogP contribution in [0.4, 0.5) is 5.69 Å². The maximum atomic E-state index is 12.7. The van der Waals surface area contributed by atoms with Crippen LogP contribution in [0.15, 0.2) is 42.0 Å². The van der Waals surface area contributed by atoms with Crippen LogP contribution < -0.4 is 10.2 Å². The fourth-order valence-electron chi connectivity index (χ4n) is 2.03. The third kappa shape index (κ3) is 3.30. The van der Waals surface area contributed by atoms with Crippen LogP contribution in [0.1, 0.15) is 4.88 Å². The molecule has 0 saturated carbocycles. The van der Waals surface area contributed by atoms with Crippen LogP contribution in [-0.4, -0.2) is 16.9 Å². The van der Waals surface area contributed by atoms with Crippen LogP contribution in [0.3, 0.4) is 0 Å². The van der Waals surface area contributed by atoms with Crippen molar-refractivity contribution in [1.82, 2.24) is 5.32 Å². The first-order chi connectivity index (χ1) is 11.0. The monoisotopic (exact) mass is 382 g/mol. The summed E-state index contributed by atoms with van der Waals surface area (Å²) in [5.74, 6) is -1.03. The molecule has 0 bridgehead atoms. The number of nitrogens with zero attached hydrogens (tertiary/aromatic N) is 1. The second-order valence-corrected chi connectivity index (χ2v) is 7.15. The van der Waals surface area contributed by atoms with Crippen molar-refractivity contribution >= 4 is 75.4 Å². The minimum atomic E-state index is -0.533. The van der Waals surface area contributed by atoms with Crippen LogP contribution in [0.5, 0.6) is 0 Å². The average Bonchev–Trinajstić information content (AvgIpc) is 2.91. The van der Waals surface area contributed by atoms with Crippen molar-refractivity contribution < 1.29 is 9.59 Å². The molecule has 23 heavy (non-hydrogen) atoms. The zero-order valence-electron chi connectivity index (χ0n) is 11.4. The number of benzene rings is 1. The van der Waals surface area contributed by atoms with E-state index in [9.17, 15) is 9.59 Å². The number of amides is 2. The third-order valence-electron chi connectivity index (χ3n) is 3.07. The van der Waals surface area contributed by atoms with E-state index in [0.29, 0.717) is 19.9 Å². The van der Waals surface area contributed by atoms with Gasteiger partial charge in [-0.25, -0.2) is 0 Å². The third-order valence-corrected chi connectivity index (χ3v) is 4.78. The van der Waals surface area contributed by atoms with Gasteiger partial charge in [0.25, 0.3) is 11.8 Å². The van der Waals surface area contributed by atoms with Gasteiger partial charge >= 0.3 is 0 Å². The fourth-order valence-corrected chi connectivity index (χ4v) is 3.44. The summed E-state index contributed by atoms with van der Waals surface area (Å²) < 4.78 is 0.575. The van der Waals surface area contributed by atoms with Crippen LogP contribution >= 0.6 is 46.8 Å². The van der Waals surface area contributed by atoms with E-state index < -0.39 is 11.8 Å². The summed E-state index contributed by atoms with van der Waals surface area (Å²) in [6.45, 7) is 0. The number of hydrogen-bond acceptors (Lipinski definition) is 4. The molecule has 1 fully saturated rings. The van der Waals surface area contributed by atoms with Crippen LogP contribution in [0.25, 0.3) is 6.08 Å². The lowest BCUT2D eigenvalue weighted by atomic mass is 10.1. The lowest BCUT2D eigenvalue weighted by Gasteiger charge is -2.28. The van der Waals surface area contributed by atoms with Gasteiger partial charge in [-0.3, -0.25) is 19.8 Å². The maximum Gasteiger partial charge on any atom is 0.270 e. The average molecular weight is 383 g/mol. The van der Waals surface area contributed by atoms with E-state index in [1.54, 1.807) is 36.4 Å². The largest absolute Gasteiger partial charge is 0.298 e. The van der Waals surface area contributed by atoms with Gasteiger partial charge < -0.3 is 0 Å². The van der Waals surface area contributed by atoms with Crippen molar-refractivity contribution in [3.8, 4) is 0 Å². The van der Waals surface area contributed by atoms with Crippen molar-refractivity contribution in [3.63, 3.8) is 0 Å². The summed E-state index contributed by atoms with van der Waals surface area (Å²) in [6.07, 6.45) is 1.50. The number of carbonyl (C=O) groups excluding carboxylic acids is 2. The molecule has 8 heteroatoms. The molecule has 0 atom stereocenters. The fraction of sp³-hybridized carbons (Fsp3) is 0. The SMILES string of the molecule is O=C1NC(=S)N(c2ccc(Cl)cc2)C(=O)C1=Cc1ccc(Cl)s1. The Balaban J connectivity index is 2.00. The molecule has 0 spiro atoms. The number of thiophene rings is 1. The molecular weight excluding hydrogens is 375 g/mol. The van der Waals surface area contributed by atoms with Gasteiger partial charge in [0, 0.05) is 9.90 Å². The quantitative estimate of drug-likeness (QED) is 0.486. The van der Waals surface area contributed by atoms with Crippen molar-refractivity contribution in [3.05, 3.63) is 56.2 Å². The molecule has 1 aliphatic heterocycles. The first kappa shape index (κ1) is 16.1. The van der Waals surface area contributed by atoms with Crippen molar-refractivity contribution in [2.75, 3.05) is 4.90 Å². The molecule has 0 radical (unpaired) electrons. The number of nitrogens with one attached hydrogen (secondary N) is 1. The Morgan fingerprint density at radius 2 is 1.78 bits per heavy atom. The molecule has 0 unspecified atom stereocenters. The first-order valence-corrected chi connectivity index (χ1v) is 8.36. The van der Waals surface area contributed by atoms with E-state index in [2.05, 4.69) is 5.32 Å². The summed E-state index contributed by atoms with van der Waals surface area (Å²) in [5, 5.41) is 3.09. The topological polar surface area (TPSA) is 49.4 Å². The summed E-state index contributed by atoms with van der Waals surface area (Å²) in [5.41, 5.74) is 0.520. The van der Waals surface area contributed by atoms with Crippen LogP contribution in [0, 0.1) is 0 Å². The molecule has 0 aliphatic carbocycles. The molecule has 1 aromatic heterocycles. The normalized spacial score (nSPS) is 16.9. The number of anilines is 1. The molecule has 4 nitrogen and oxygen atoms in total. The van der Waals surface area contributed by atoms with Crippen LogP contribution in [-0.2, 0) is 9.59 Å². The summed E-state index contributed by atoms with van der Waals surface area (Å²) in [4.78, 5) is 26.7. The Hall–Kier alpha value is -1.73. The standard InChI is InChI=1S/C15H8Cl2N2O2S2/c16-8-1-3-9(4-2-8)19-14(21)11(13(20)18-15(19)22)7-10-5-6-12(17)23-10/h1-7H,(H,18,20,22). The number of rotatable bonds is 2. The van der Waals surface area contributed by atoms with Gasteiger partial charge in [0.1, 0.15) is 5.57 Å². The molecule has 2 heterocycles. The van der Waals surface area contributed by atoms with Crippen molar-refractivity contribution in [2.45, 2.75) is 0 Å². The molecule has 116 valence electrons. The Bertz CT molecular complexity index is 843. The minimum absolute atomic E-state index is 0.00735. The highest BCUT2D eigenvalue weighted by Gasteiger charge is 2.34. The number of halogens is 2. The molecule has 2 aromatic rings. The number of thiocarbonyl (C=S) groups is 1. The first-order valence-electron chi connectivity index (χ1n) is 6.38. The van der Waals surface area contributed by atoms with Gasteiger partial charge in [-0.2, -0.15) is 0 Å². The van der Waals surface area contributed by atoms with Crippen molar-refractivity contribution in [2.24, 2.45) is 0 Å². The highest BCUT2D eigenvalue weighted by atomic mass is 35.5. The number of carbonyl (C=O) groups is 2. The zero-order chi connectivity index (χ0) is 16.6. The molecule has 2 amide bonds. The van der Waals surface area contributed by atoms with Crippen molar-refractivity contribution in [1.29, 1.82) is 0 Å². The van der Waals surface area contributed by atoms with Gasteiger partial charge in [-0.05, 0) is 54.7 Å². The lowest BCUT2D eigenvalue weighted by Crippen LogP contribution is -2.54. The summed E-state index contributed by atoms with van der Waals surface area (Å²) in [6, 6.07) is 10.0. The second kappa shape index (κ2) is 6.41. The molecule has 3 rings (SSSR count). The maximum absolute atomic E-state index is 12.7. The van der Waals surface area contributed by atoms with Gasteiger partial charge in [0.2, 0.25) is 0 Å². The van der Waals surface area contributed by atoms with E-state index in [4.69, 9.17) is 35.4 Å².